The number of hydrogen-bond donors (Lipinski definition) is 2. The zero-order valence-electron chi connectivity index (χ0n) is 9.84. The van der Waals surface area contributed by atoms with Gasteiger partial charge in [-0.15, -0.1) is 0 Å². The molecule has 0 unspecified atom stereocenters. The molecule has 0 bridgehead atoms. The monoisotopic (exact) mass is 262 g/mol. The Labute approximate surface area is 107 Å². The van der Waals surface area contributed by atoms with Crippen LogP contribution in [0.3, 0.4) is 0 Å². The summed E-state index contributed by atoms with van der Waals surface area (Å²) in [6.07, 6.45) is 2.79. The zero-order chi connectivity index (χ0) is 13.8. The summed E-state index contributed by atoms with van der Waals surface area (Å²) >= 11 is 0. The first-order valence-corrected chi connectivity index (χ1v) is 5.42. The number of anilines is 2. The topological polar surface area (TPSA) is 90.0 Å². The molecule has 19 heavy (non-hydrogen) atoms. The van der Waals surface area contributed by atoms with E-state index in [0.29, 0.717) is 5.69 Å². The lowest BCUT2D eigenvalue weighted by molar-refractivity contribution is -0.116. The van der Waals surface area contributed by atoms with Gasteiger partial charge in [0.2, 0.25) is 5.91 Å². The van der Waals surface area contributed by atoms with Crippen LogP contribution >= 0.6 is 0 Å². The van der Waals surface area contributed by atoms with Crippen molar-refractivity contribution in [1.82, 2.24) is 9.55 Å². The van der Waals surface area contributed by atoms with Crippen LogP contribution in [0.2, 0.25) is 0 Å². The van der Waals surface area contributed by atoms with Crippen molar-refractivity contribution in [3.63, 3.8) is 0 Å². The van der Waals surface area contributed by atoms with Crippen molar-refractivity contribution in [1.29, 1.82) is 0 Å². The summed E-state index contributed by atoms with van der Waals surface area (Å²) in [7, 11) is 0. The Bertz CT molecular complexity index is 669. The number of nitrogens with two attached hydrogens (primary N) is 1. The summed E-state index contributed by atoms with van der Waals surface area (Å²) in [5.41, 5.74) is 5.45. The van der Waals surface area contributed by atoms with Gasteiger partial charge in [-0.2, -0.15) is 0 Å². The van der Waals surface area contributed by atoms with Gasteiger partial charge in [-0.1, -0.05) is 0 Å². The van der Waals surface area contributed by atoms with E-state index in [-0.39, 0.29) is 12.2 Å². The van der Waals surface area contributed by atoms with E-state index in [0.717, 1.165) is 10.6 Å². The van der Waals surface area contributed by atoms with E-state index in [4.69, 9.17) is 5.73 Å². The maximum atomic E-state index is 12.8. The Morgan fingerprint density at radius 1 is 1.47 bits per heavy atom. The summed E-state index contributed by atoms with van der Waals surface area (Å²) < 4.78 is 14.0. The van der Waals surface area contributed by atoms with Crippen molar-refractivity contribution in [3.8, 4) is 0 Å². The van der Waals surface area contributed by atoms with E-state index < -0.39 is 17.4 Å². The molecule has 0 aliphatic rings. The van der Waals surface area contributed by atoms with Crippen LogP contribution in [0.5, 0.6) is 0 Å². The summed E-state index contributed by atoms with van der Waals surface area (Å²) in [6, 6.07) is 5.18. The first-order chi connectivity index (χ1) is 9.06. The minimum atomic E-state index is -0.523. The Hall–Kier alpha value is -2.70. The van der Waals surface area contributed by atoms with Gasteiger partial charge in [0.25, 0.3) is 0 Å². The molecule has 7 heteroatoms. The molecule has 1 amide bonds. The zero-order valence-corrected chi connectivity index (χ0v) is 9.84. The maximum Gasteiger partial charge on any atom is 0.347 e. The third kappa shape index (κ3) is 3.15. The minimum Gasteiger partial charge on any atom is -0.397 e. The highest BCUT2D eigenvalue weighted by Gasteiger charge is 2.07. The predicted molar refractivity (Wildman–Crippen MR) is 67.9 cm³/mol. The van der Waals surface area contributed by atoms with Crippen molar-refractivity contribution < 1.29 is 9.18 Å². The number of carbonyl (C=O) groups excluding carboxylic acids is 1. The number of nitrogen functional groups attached to an aromatic ring is 1. The molecule has 0 aliphatic carbocycles. The number of nitrogens with one attached hydrogen (secondary N) is 1. The predicted octanol–water partition coefficient (Wildman–Crippen LogP) is 0.603. The number of carbonyl (C=O) groups is 1. The number of halogens is 1. The van der Waals surface area contributed by atoms with Crippen LogP contribution in [0.1, 0.15) is 0 Å². The van der Waals surface area contributed by atoms with Crippen LogP contribution in [0.25, 0.3) is 0 Å². The Morgan fingerprint density at radius 3 is 2.95 bits per heavy atom. The highest BCUT2D eigenvalue weighted by molar-refractivity contribution is 5.93. The standard InChI is InChI=1S/C12H11FN4O2/c13-8-2-3-10(9(14)6-8)16-11(18)7-17-5-1-4-15-12(17)19/h1-6H,7,14H2,(H,16,18). The smallest absolute Gasteiger partial charge is 0.347 e. The number of aromatic nitrogens is 2. The van der Waals surface area contributed by atoms with Gasteiger partial charge in [-0.05, 0) is 24.3 Å². The Balaban J connectivity index is 2.10. The van der Waals surface area contributed by atoms with Crippen molar-refractivity contribution in [2.75, 3.05) is 11.1 Å². The molecule has 0 aliphatic heterocycles. The molecule has 1 heterocycles. The number of hydrogen-bond acceptors (Lipinski definition) is 4. The van der Waals surface area contributed by atoms with E-state index in [1.807, 2.05) is 0 Å². The fraction of sp³-hybridized carbons (Fsp3) is 0.0833. The number of rotatable bonds is 3. The maximum absolute atomic E-state index is 12.8. The van der Waals surface area contributed by atoms with Gasteiger partial charge < -0.3 is 11.1 Å². The molecule has 0 atom stereocenters. The first kappa shape index (κ1) is 12.7. The van der Waals surface area contributed by atoms with E-state index in [9.17, 15) is 14.0 Å². The quantitative estimate of drug-likeness (QED) is 0.793. The molecule has 0 saturated heterocycles. The lowest BCUT2D eigenvalue weighted by atomic mass is 10.2. The lowest BCUT2D eigenvalue weighted by Gasteiger charge is -2.08. The third-order valence-corrected chi connectivity index (χ3v) is 2.38. The van der Waals surface area contributed by atoms with Gasteiger partial charge in [0.05, 0.1) is 11.4 Å². The van der Waals surface area contributed by atoms with Crippen LogP contribution in [-0.4, -0.2) is 15.5 Å². The van der Waals surface area contributed by atoms with Crippen LogP contribution in [-0.2, 0) is 11.3 Å². The minimum absolute atomic E-state index is 0.117. The fourth-order valence-corrected chi connectivity index (χ4v) is 1.50. The molecule has 98 valence electrons. The van der Waals surface area contributed by atoms with Gasteiger partial charge in [-0.25, -0.2) is 14.2 Å². The number of benzene rings is 1. The second-order valence-electron chi connectivity index (χ2n) is 3.81. The van der Waals surface area contributed by atoms with Crippen LogP contribution in [0, 0.1) is 5.82 Å². The van der Waals surface area contributed by atoms with E-state index in [1.165, 1.54) is 24.5 Å². The highest BCUT2D eigenvalue weighted by atomic mass is 19.1. The third-order valence-electron chi connectivity index (χ3n) is 2.38. The second kappa shape index (κ2) is 5.30. The van der Waals surface area contributed by atoms with Crippen molar-refractivity contribution in [2.24, 2.45) is 0 Å². The van der Waals surface area contributed by atoms with Gasteiger partial charge in [0.1, 0.15) is 12.4 Å². The number of nitrogens with zero attached hydrogens (tertiary/aromatic N) is 2. The number of amides is 1. The first-order valence-electron chi connectivity index (χ1n) is 5.42. The van der Waals surface area contributed by atoms with E-state index >= 15 is 0 Å². The Morgan fingerprint density at radius 2 is 2.26 bits per heavy atom. The normalized spacial score (nSPS) is 10.2. The van der Waals surface area contributed by atoms with Gasteiger partial charge >= 0.3 is 5.69 Å². The molecule has 6 nitrogen and oxygen atoms in total. The van der Waals surface area contributed by atoms with Crippen molar-refractivity contribution in [2.45, 2.75) is 6.54 Å². The van der Waals surface area contributed by atoms with Crippen LogP contribution in [0.15, 0.2) is 41.5 Å². The van der Waals surface area contributed by atoms with Gasteiger partial charge in [0, 0.05) is 12.4 Å². The summed E-state index contributed by atoms with van der Waals surface area (Å²) in [5, 5.41) is 2.50. The molecular weight excluding hydrogens is 251 g/mol. The molecule has 0 saturated carbocycles. The van der Waals surface area contributed by atoms with Crippen LogP contribution < -0.4 is 16.7 Å². The molecule has 0 fully saturated rings. The average molecular weight is 262 g/mol. The van der Waals surface area contributed by atoms with E-state index in [2.05, 4.69) is 10.3 Å². The molecule has 2 rings (SSSR count). The Kier molecular flexibility index (Phi) is 3.56. The molecule has 0 spiro atoms. The van der Waals surface area contributed by atoms with Crippen molar-refractivity contribution >= 4 is 17.3 Å². The SMILES string of the molecule is Nc1cc(F)ccc1NC(=O)Cn1cccnc1=O. The largest absolute Gasteiger partial charge is 0.397 e. The van der Waals surface area contributed by atoms with Gasteiger partial charge in [0.15, 0.2) is 0 Å². The summed E-state index contributed by atoms with van der Waals surface area (Å²) in [6.45, 7) is -0.191. The molecule has 1 aromatic heterocycles. The highest BCUT2D eigenvalue weighted by Crippen LogP contribution is 2.18. The van der Waals surface area contributed by atoms with E-state index in [1.54, 1.807) is 6.07 Å². The van der Waals surface area contributed by atoms with Crippen LogP contribution in [0.4, 0.5) is 15.8 Å². The molecular formula is C12H11FN4O2. The second-order valence-corrected chi connectivity index (χ2v) is 3.81. The summed E-state index contributed by atoms with van der Waals surface area (Å²) in [5.74, 6) is -0.938. The fourth-order valence-electron chi connectivity index (χ4n) is 1.50. The van der Waals surface area contributed by atoms with Crippen molar-refractivity contribution in [3.05, 3.63) is 53.0 Å². The molecule has 2 aromatic rings. The molecule has 0 radical (unpaired) electrons. The van der Waals surface area contributed by atoms with Gasteiger partial charge in [-0.3, -0.25) is 9.36 Å². The summed E-state index contributed by atoms with van der Waals surface area (Å²) in [4.78, 5) is 26.6. The molecule has 3 N–H and O–H groups in total. The lowest BCUT2D eigenvalue weighted by Crippen LogP contribution is -2.28. The average Bonchev–Trinajstić information content (AvgIpc) is 2.36. The molecule has 1 aromatic carbocycles.